The number of amides is 1. The van der Waals surface area contributed by atoms with Gasteiger partial charge in [0.15, 0.2) is 0 Å². The van der Waals surface area contributed by atoms with E-state index in [-0.39, 0.29) is 31.0 Å². The number of fused-ring (bicyclic) bond motifs is 1. The predicted molar refractivity (Wildman–Crippen MR) is 168 cm³/mol. The number of aromatic nitrogens is 1. The average Bonchev–Trinajstić information content (AvgIpc) is 3.11. The lowest BCUT2D eigenvalue weighted by Crippen LogP contribution is -2.47. The Kier molecular flexibility index (Phi) is 11.0. The highest BCUT2D eigenvalue weighted by Gasteiger charge is 2.51. The van der Waals surface area contributed by atoms with Crippen LogP contribution in [0.25, 0.3) is 0 Å². The van der Waals surface area contributed by atoms with E-state index in [4.69, 9.17) is 9.47 Å². The van der Waals surface area contributed by atoms with Crippen molar-refractivity contribution in [3.8, 4) is 5.75 Å². The minimum atomic E-state index is -5.70. The number of halogens is 4. The molecule has 1 amide bonds. The predicted octanol–water partition coefficient (Wildman–Crippen LogP) is 6.42. The van der Waals surface area contributed by atoms with Gasteiger partial charge in [0.25, 0.3) is 0 Å². The van der Waals surface area contributed by atoms with E-state index in [9.17, 15) is 26.4 Å². The SMILES string of the molecule is CC(C)(C)OC(=O)NCCOc1cccc2c1CN(S(=O)(=O)C(F)(F)F)C[C@@H](CCc1ccccc1)N2Cc1cc(Br)ccn1. The summed E-state index contributed by atoms with van der Waals surface area (Å²) >= 11 is 3.45. The smallest absolute Gasteiger partial charge is 0.491 e. The van der Waals surface area contributed by atoms with Gasteiger partial charge < -0.3 is 19.7 Å². The number of ether oxygens (including phenoxy) is 2. The van der Waals surface area contributed by atoms with Crippen LogP contribution in [0.4, 0.5) is 23.7 Å². The number of hydrogen-bond donors (Lipinski definition) is 1. The second-order valence-corrected chi connectivity index (χ2v) is 14.4. The maximum atomic E-state index is 14.0. The van der Waals surface area contributed by atoms with Crippen LogP contribution in [0, 0.1) is 0 Å². The number of carbonyl (C=O) groups is 1. The Labute approximate surface area is 269 Å². The van der Waals surface area contributed by atoms with Crippen LogP contribution in [0.15, 0.2) is 71.3 Å². The molecule has 14 heteroatoms. The quantitative estimate of drug-likeness (QED) is 0.242. The van der Waals surface area contributed by atoms with E-state index in [1.54, 1.807) is 51.2 Å². The number of nitrogens with one attached hydrogen (secondary N) is 1. The molecular weight excluding hydrogens is 677 g/mol. The van der Waals surface area contributed by atoms with Gasteiger partial charge in [-0.2, -0.15) is 17.5 Å². The Balaban J connectivity index is 1.71. The van der Waals surface area contributed by atoms with E-state index < -0.39 is 46.4 Å². The van der Waals surface area contributed by atoms with E-state index in [1.807, 2.05) is 41.3 Å². The molecule has 1 atom stereocenters. The van der Waals surface area contributed by atoms with Gasteiger partial charge in [-0.15, -0.1) is 0 Å². The molecule has 2 aromatic carbocycles. The zero-order chi connectivity index (χ0) is 32.8. The van der Waals surface area contributed by atoms with Gasteiger partial charge in [0.05, 0.1) is 18.8 Å². The van der Waals surface area contributed by atoms with Crippen LogP contribution in [-0.4, -0.2) is 60.6 Å². The van der Waals surface area contributed by atoms with Crippen molar-refractivity contribution >= 4 is 37.7 Å². The molecule has 0 spiro atoms. The maximum Gasteiger partial charge on any atom is 0.511 e. The minimum absolute atomic E-state index is 0.0354. The van der Waals surface area contributed by atoms with Gasteiger partial charge in [-0.05, 0) is 63.4 Å². The van der Waals surface area contributed by atoms with Crippen molar-refractivity contribution in [3.05, 3.63) is 88.2 Å². The maximum absolute atomic E-state index is 14.0. The Morgan fingerprint density at radius 1 is 1.09 bits per heavy atom. The van der Waals surface area contributed by atoms with Crippen molar-refractivity contribution in [2.24, 2.45) is 0 Å². The largest absolute Gasteiger partial charge is 0.511 e. The summed E-state index contributed by atoms with van der Waals surface area (Å²) in [7, 11) is -5.70. The molecule has 0 bridgehead atoms. The lowest BCUT2D eigenvalue weighted by Gasteiger charge is -2.34. The highest BCUT2D eigenvalue weighted by molar-refractivity contribution is 9.10. The summed E-state index contributed by atoms with van der Waals surface area (Å²) in [6.45, 7) is 4.44. The second-order valence-electron chi connectivity index (χ2n) is 11.5. The van der Waals surface area contributed by atoms with Crippen LogP contribution in [0.2, 0.25) is 0 Å². The molecule has 1 aliphatic rings. The van der Waals surface area contributed by atoms with Crippen LogP contribution < -0.4 is 15.0 Å². The Morgan fingerprint density at radius 3 is 2.49 bits per heavy atom. The first-order chi connectivity index (χ1) is 21.1. The molecule has 2 heterocycles. The zero-order valence-electron chi connectivity index (χ0n) is 25.2. The van der Waals surface area contributed by atoms with Gasteiger partial charge in [-0.25, -0.2) is 13.2 Å². The number of carbonyl (C=O) groups excluding carboxylic acids is 1. The van der Waals surface area contributed by atoms with Crippen LogP contribution in [0.1, 0.15) is 44.0 Å². The fourth-order valence-electron chi connectivity index (χ4n) is 5.00. The molecule has 45 heavy (non-hydrogen) atoms. The molecule has 4 rings (SSSR count). The molecule has 1 aromatic heterocycles. The van der Waals surface area contributed by atoms with E-state index >= 15 is 0 Å². The van der Waals surface area contributed by atoms with Gasteiger partial charge in [0, 0.05) is 41.1 Å². The Hall–Kier alpha value is -3.36. The Morgan fingerprint density at radius 2 is 1.82 bits per heavy atom. The number of alkyl carbamates (subject to hydrolysis) is 1. The van der Waals surface area contributed by atoms with Crippen LogP contribution in [0.3, 0.4) is 0 Å². The highest BCUT2D eigenvalue weighted by atomic mass is 79.9. The molecule has 9 nitrogen and oxygen atoms in total. The number of sulfonamides is 1. The fraction of sp³-hybridized carbons (Fsp3) is 0.419. The molecule has 1 N–H and O–H groups in total. The zero-order valence-corrected chi connectivity index (χ0v) is 27.6. The number of anilines is 1. The first kappa shape index (κ1) is 34.5. The normalized spacial score (nSPS) is 16.1. The number of rotatable bonds is 10. The van der Waals surface area contributed by atoms with Crippen molar-refractivity contribution < 1.29 is 35.9 Å². The number of benzene rings is 2. The molecule has 0 radical (unpaired) electrons. The third-order valence-electron chi connectivity index (χ3n) is 6.99. The number of nitrogens with zero attached hydrogens (tertiary/aromatic N) is 3. The van der Waals surface area contributed by atoms with Crippen LogP contribution in [0.5, 0.6) is 5.75 Å². The third-order valence-corrected chi connectivity index (χ3v) is 9.02. The highest BCUT2D eigenvalue weighted by Crippen LogP contribution is 2.39. The molecule has 0 saturated heterocycles. The van der Waals surface area contributed by atoms with Gasteiger partial charge in [-0.1, -0.05) is 52.3 Å². The molecule has 244 valence electrons. The topological polar surface area (TPSA) is 101 Å². The van der Waals surface area contributed by atoms with Crippen molar-refractivity contribution in [3.63, 3.8) is 0 Å². The lowest BCUT2D eigenvalue weighted by atomic mass is 10.0. The van der Waals surface area contributed by atoms with E-state index in [2.05, 4.69) is 26.2 Å². The standard InChI is InChI=1S/C31H36BrF3N4O5S/c1-30(2,3)44-29(40)37-16-17-43-28-11-7-10-27-26(28)21-38(45(41,42)31(33,34)35)20-25(13-12-22-8-5-4-6-9-22)39(27)19-24-18-23(32)14-15-36-24/h4-11,14-15,18,25H,12-13,16-17,19-21H2,1-3H3,(H,37,40)/t25-/m1/s1. The number of pyridine rings is 1. The first-order valence-electron chi connectivity index (χ1n) is 14.3. The summed E-state index contributed by atoms with van der Waals surface area (Å²) in [4.78, 5) is 18.4. The van der Waals surface area contributed by atoms with Crippen molar-refractivity contribution in [2.45, 2.75) is 63.9 Å². The average molecular weight is 714 g/mol. The number of hydrogen-bond acceptors (Lipinski definition) is 7. The summed E-state index contributed by atoms with van der Waals surface area (Å²) in [5, 5.41) is 2.58. The van der Waals surface area contributed by atoms with Gasteiger partial charge in [0.2, 0.25) is 0 Å². The summed E-state index contributed by atoms with van der Waals surface area (Å²) < 4.78 is 80.3. The minimum Gasteiger partial charge on any atom is -0.491 e. The molecular formula is C31H36BrF3N4O5S. The molecule has 3 aromatic rings. The van der Waals surface area contributed by atoms with Crippen molar-refractivity contribution in [1.82, 2.24) is 14.6 Å². The number of aryl methyl sites for hydroxylation is 1. The van der Waals surface area contributed by atoms with E-state index in [0.29, 0.717) is 28.5 Å². The summed E-state index contributed by atoms with van der Waals surface area (Å²) in [5.41, 5.74) is -3.76. The lowest BCUT2D eigenvalue weighted by molar-refractivity contribution is -0.0492. The van der Waals surface area contributed by atoms with Gasteiger partial charge in [0.1, 0.15) is 18.0 Å². The van der Waals surface area contributed by atoms with E-state index in [1.165, 1.54) is 0 Å². The van der Waals surface area contributed by atoms with Gasteiger partial charge in [-0.3, -0.25) is 4.98 Å². The second kappa shape index (κ2) is 14.4. The summed E-state index contributed by atoms with van der Waals surface area (Å²) in [6, 6.07) is 17.4. The molecule has 1 aliphatic heterocycles. The van der Waals surface area contributed by atoms with Crippen molar-refractivity contribution in [1.29, 1.82) is 0 Å². The van der Waals surface area contributed by atoms with Crippen molar-refractivity contribution in [2.75, 3.05) is 24.6 Å². The molecule has 0 aliphatic carbocycles. The van der Waals surface area contributed by atoms with E-state index in [0.717, 1.165) is 10.0 Å². The molecule has 0 saturated carbocycles. The first-order valence-corrected chi connectivity index (χ1v) is 16.6. The fourth-order valence-corrected chi connectivity index (χ4v) is 6.34. The third kappa shape index (κ3) is 9.33. The summed E-state index contributed by atoms with van der Waals surface area (Å²) in [5.74, 6) is 0.205. The van der Waals surface area contributed by atoms with Crippen LogP contribution in [-0.2, 0) is 34.3 Å². The molecule has 0 fully saturated rings. The van der Waals surface area contributed by atoms with Gasteiger partial charge >= 0.3 is 21.6 Å². The van der Waals surface area contributed by atoms with Crippen LogP contribution >= 0.6 is 15.9 Å². The number of alkyl halides is 3. The molecule has 0 unspecified atom stereocenters. The monoisotopic (exact) mass is 712 g/mol. The Bertz CT molecular complexity index is 1570. The summed E-state index contributed by atoms with van der Waals surface area (Å²) in [6.07, 6.45) is 1.85.